The predicted molar refractivity (Wildman–Crippen MR) is 48.3 cm³/mol. The standard InChI is InChI=1S/C8H12F3NOS/c9-8(10,11)7(13)3-12-2-6-1-5(12)4-14-6/h5-7,13H,1-4H2. The maximum atomic E-state index is 12.1. The van der Waals surface area contributed by atoms with Gasteiger partial charge in [0.05, 0.1) is 0 Å². The third-order valence-corrected chi connectivity index (χ3v) is 4.19. The molecule has 0 aromatic heterocycles. The second-order valence-electron chi connectivity index (χ2n) is 3.86. The molecule has 2 aliphatic heterocycles. The molecule has 1 N–H and O–H groups in total. The van der Waals surface area contributed by atoms with Crippen LogP contribution in [0.4, 0.5) is 13.2 Å². The lowest BCUT2D eigenvalue weighted by atomic mass is 10.2. The van der Waals surface area contributed by atoms with Crippen LogP contribution in [0.5, 0.6) is 0 Å². The number of fused-ring (bicyclic) bond motifs is 2. The van der Waals surface area contributed by atoms with E-state index in [9.17, 15) is 13.2 Å². The zero-order chi connectivity index (χ0) is 10.3. The lowest BCUT2D eigenvalue weighted by molar-refractivity contribution is -0.208. The van der Waals surface area contributed by atoms with Gasteiger partial charge in [0.25, 0.3) is 0 Å². The Labute approximate surface area is 84.5 Å². The zero-order valence-electron chi connectivity index (χ0n) is 7.50. The van der Waals surface area contributed by atoms with Crippen LogP contribution in [0.25, 0.3) is 0 Å². The molecule has 2 aliphatic rings. The summed E-state index contributed by atoms with van der Waals surface area (Å²) >= 11 is 1.83. The van der Waals surface area contributed by atoms with Gasteiger partial charge < -0.3 is 5.11 Å². The molecule has 2 bridgehead atoms. The van der Waals surface area contributed by atoms with Crippen LogP contribution in [0.15, 0.2) is 0 Å². The number of rotatable bonds is 2. The van der Waals surface area contributed by atoms with Crippen molar-refractivity contribution < 1.29 is 18.3 Å². The van der Waals surface area contributed by atoms with E-state index in [2.05, 4.69) is 0 Å². The molecule has 2 saturated heterocycles. The van der Waals surface area contributed by atoms with Crippen molar-refractivity contribution in [2.24, 2.45) is 0 Å². The first-order valence-electron chi connectivity index (χ1n) is 4.57. The Kier molecular flexibility index (Phi) is 2.70. The van der Waals surface area contributed by atoms with Gasteiger partial charge in [-0.1, -0.05) is 0 Å². The molecule has 2 nitrogen and oxygen atoms in total. The van der Waals surface area contributed by atoms with Crippen LogP contribution < -0.4 is 0 Å². The molecule has 0 aliphatic carbocycles. The molecule has 0 radical (unpaired) electrons. The normalized spacial score (nSPS) is 35.1. The number of aliphatic hydroxyl groups is 1. The second-order valence-corrected chi connectivity index (χ2v) is 5.19. The van der Waals surface area contributed by atoms with E-state index >= 15 is 0 Å². The summed E-state index contributed by atoms with van der Waals surface area (Å²) in [6.07, 6.45) is -5.68. The van der Waals surface area contributed by atoms with Crippen LogP contribution in [0.1, 0.15) is 6.42 Å². The van der Waals surface area contributed by atoms with Gasteiger partial charge >= 0.3 is 6.18 Å². The predicted octanol–water partition coefficient (Wildman–Crippen LogP) is 1.10. The maximum absolute atomic E-state index is 12.1. The lowest BCUT2D eigenvalue weighted by Gasteiger charge is -2.29. The molecule has 2 heterocycles. The summed E-state index contributed by atoms with van der Waals surface area (Å²) in [6, 6.07) is 0.252. The van der Waals surface area contributed by atoms with Crippen molar-refractivity contribution in [2.75, 3.05) is 18.8 Å². The van der Waals surface area contributed by atoms with Crippen molar-refractivity contribution in [3.8, 4) is 0 Å². The van der Waals surface area contributed by atoms with Crippen molar-refractivity contribution in [3.05, 3.63) is 0 Å². The van der Waals surface area contributed by atoms with Crippen molar-refractivity contribution in [2.45, 2.75) is 30.0 Å². The monoisotopic (exact) mass is 227 g/mol. The number of halogens is 3. The summed E-state index contributed by atoms with van der Waals surface area (Å²) in [7, 11) is 0. The molecular weight excluding hydrogens is 215 g/mol. The average Bonchev–Trinajstić information content (AvgIpc) is 2.62. The minimum Gasteiger partial charge on any atom is -0.382 e. The van der Waals surface area contributed by atoms with Crippen LogP contribution in [0, 0.1) is 0 Å². The Morgan fingerprint density at radius 1 is 1.50 bits per heavy atom. The summed E-state index contributed by atoms with van der Waals surface area (Å²) < 4.78 is 36.2. The Hall–Kier alpha value is 0.0600. The molecule has 0 aromatic rings. The summed E-state index contributed by atoms with van der Waals surface area (Å²) in [4.78, 5) is 1.76. The van der Waals surface area contributed by atoms with Gasteiger partial charge in [-0.05, 0) is 6.42 Å². The third kappa shape index (κ3) is 2.01. The zero-order valence-corrected chi connectivity index (χ0v) is 8.31. The minimum atomic E-state index is -4.48. The molecule has 0 amide bonds. The van der Waals surface area contributed by atoms with Crippen molar-refractivity contribution in [3.63, 3.8) is 0 Å². The van der Waals surface area contributed by atoms with E-state index in [1.807, 2.05) is 11.8 Å². The van der Waals surface area contributed by atoms with Crippen molar-refractivity contribution in [1.29, 1.82) is 0 Å². The van der Waals surface area contributed by atoms with Gasteiger partial charge in [0.1, 0.15) is 0 Å². The van der Waals surface area contributed by atoms with Gasteiger partial charge in [-0.25, -0.2) is 0 Å². The molecule has 2 fully saturated rings. The van der Waals surface area contributed by atoms with Crippen molar-refractivity contribution in [1.82, 2.24) is 4.90 Å². The van der Waals surface area contributed by atoms with Gasteiger partial charge in [0.2, 0.25) is 0 Å². The number of nitrogens with zero attached hydrogens (tertiary/aromatic N) is 1. The fourth-order valence-corrected chi connectivity index (χ4v) is 3.52. The average molecular weight is 227 g/mol. The van der Waals surface area contributed by atoms with E-state index in [0.29, 0.717) is 11.8 Å². The number of likely N-dealkylation sites (tertiary alicyclic amines) is 1. The second kappa shape index (κ2) is 3.57. The SMILES string of the molecule is OC(CN1CC2CC1CS2)C(F)(F)F. The fraction of sp³-hybridized carbons (Fsp3) is 1.00. The van der Waals surface area contributed by atoms with Gasteiger partial charge in [-0.2, -0.15) is 24.9 Å². The highest BCUT2D eigenvalue weighted by Crippen LogP contribution is 2.38. The van der Waals surface area contributed by atoms with Gasteiger partial charge in [0, 0.05) is 30.1 Å². The van der Waals surface area contributed by atoms with Gasteiger partial charge in [0.15, 0.2) is 6.10 Å². The minimum absolute atomic E-state index is 0.252. The van der Waals surface area contributed by atoms with Gasteiger partial charge in [-0.15, -0.1) is 0 Å². The first-order chi connectivity index (χ1) is 6.47. The highest BCUT2D eigenvalue weighted by molar-refractivity contribution is 8.00. The molecule has 3 unspecified atom stereocenters. The number of thioether (sulfide) groups is 1. The highest BCUT2D eigenvalue weighted by Gasteiger charge is 2.44. The largest absolute Gasteiger partial charge is 0.415 e. The quantitative estimate of drug-likeness (QED) is 0.764. The molecule has 0 spiro atoms. The lowest BCUT2D eigenvalue weighted by Crippen LogP contribution is -2.44. The number of aliphatic hydroxyl groups excluding tert-OH is 1. The molecule has 6 heteroatoms. The Balaban J connectivity index is 1.87. The van der Waals surface area contributed by atoms with Crippen LogP contribution in [-0.2, 0) is 0 Å². The number of alkyl halides is 3. The molecule has 0 saturated carbocycles. The first kappa shape index (κ1) is 10.6. The molecule has 2 rings (SSSR count). The fourth-order valence-electron chi connectivity index (χ4n) is 2.03. The van der Waals surface area contributed by atoms with E-state index in [0.717, 1.165) is 12.2 Å². The van der Waals surface area contributed by atoms with Crippen LogP contribution >= 0.6 is 11.8 Å². The molecular formula is C8H12F3NOS. The van der Waals surface area contributed by atoms with Crippen LogP contribution in [-0.4, -0.2) is 52.4 Å². The van der Waals surface area contributed by atoms with E-state index in [1.54, 1.807) is 4.90 Å². The Bertz CT molecular complexity index is 223. The number of β-amino-alcohol motifs (C(OH)–C–C–N with tert-alkyl or cyclic N) is 1. The van der Waals surface area contributed by atoms with E-state index < -0.39 is 12.3 Å². The smallest absolute Gasteiger partial charge is 0.382 e. The van der Waals surface area contributed by atoms with E-state index in [4.69, 9.17) is 5.11 Å². The first-order valence-corrected chi connectivity index (χ1v) is 5.62. The van der Waals surface area contributed by atoms with Crippen LogP contribution in [0.2, 0.25) is 0 Å². The Morgan fingerprint density at radius 3 is 2.64 bits per heavy atom. The summed E-state index contributed by atoms with van der Waals surface area (Å²) in [5, 5.41) is 9.39. The third-order valence-electron chi connectivity index (χ3n) is 2.80. The van der Waals surface area contributed by atoms with Crippen molar-refractivity contribution >= 4 is 11.8 Å². The molecule has 14 heavy (non-hydrogen) atoms. The molecule has 82 valence electrons. The van der Waals surface area contributed by atoms with E-state index in [1.165, 1.54) is 0 Å². The topological polar surface area (TPSA) is 23.5 Å². The summed E-state index contributed by atoms with van der Waals surface area (Å²) in [5.74, 6) is 0.912. The van der Waals surface area contributed by atoms with Gasteiger partial charge in [-0.3, -0.25) is 4.90 Å². The summed E-state index contributed by atoms with van der Waals surface area (Å²) in [6.45, 7) is 0.438. The highest BCUT2D eigenvalue weighted by atomic mass is 32.2. The van der Waals surface area contributed by atoms with Crippen LogP contribution in [0.3, 0.4) is 0 Å². The Morgan fingerprint density at radius 2 is 2.21 bits per heavy atom. The number of hydrogen-bond acceptors (Lipinski definition) is 3. The molecule has 0 aromatic carbocycles. The van der Waals surface area contributed by atoms with E-state index in [-0.39, 0.29) is 12.6 Å². The summed E-state index contributed by atoms with van der Waals surface area (Å²) in [5.41, 5.74) is 0. The molecule has 3 atom stereocenters. The maximum Gasteiger partial charge on any atom is 0.415 e. The number of hydrogen-bond donors (Lipinski definition) is 1.